The molecule has 1 aliphatic heterocycles. The van der Waals surface area contributed by atoms with E-state index in [9.17, 15) is 4.79 Å². The third-order valence-corrected chi connectivity index (χ3v) is 4.98. The molecule has 1 fully saturated rings. The van der Waals surface area contributed by atoms with Crippen molar-refractivity contribution in [3.8, 4) is 5.75 Å². The highest BCUT2D eigenvalue weighted by Gasteiger charge is 2.63. The van der Waals surface area contributed by atoms with Gasteiger partial charge in [-0.2, -0.15) is 0 Å². The van der Waals surface area contributed by atoms with Gasteiger partial charge >= 0.3 is 5.97 Å². The molecular weight excluding hydrogens is 240 g/mol. The van der Waals surface area contributed by atoms with Crippen LogP contribution in [0.5, 0.6) is 5.75 Å². The average molecular weight is 260 g/mol. The van der Waals surface area contributed by atoms with Crippen LogP contribution in [0.15, 0.2) is 18.2 Å². The molecule has 3 atom stereocenters. The molecule has 0 amide bonds. The lowest BCUT2D eigenvalue weighted by Gasteiger charge is -2.36. The van der Waals surface area contributed by atoms with E-state index in [-0.39, 0.29) is 17.5 Å². The van der Waals surface area contributed by atoms with Crippen molar-refractivity contribution in [3.63, 3.8) is 0 Å². The van der Waals surface area contributed by atoms with E-state index in [2.05, 4.69) is 39.0 Å². The van der Waals surface area contributed by atoms with Gasteiger partial charge in [0.25, 0.3) is 0 Å². The largest absolute Gasteiger partial charge is 0.482 e. The van der Waals surface area contributed by atoms with Gasteiger partial charge in [0, 0.05) is 17.9 Å². The van der Waals surface area contributed by atoms with Crippen molar-refractivity contribution in [2.24, 2.45) is 0 Å². The van der Waals surface area contributed by atoms with Crippen molar-refractivity contribution >= 4 is 5.97 Å². The number of carbonyl (C=O) groups excluding carboxylic acids is 1. The Hall–Kier alpha value is -1.51. The van der Waals surface area contributed by atoms with Gasteiger partial charge in [0.05, 0.1) is 0 Å². The number of carbonyl (C=O) groups is 1. The standard InChI is InChI=1S/C16H20O3/c1-10-5-6-12-13(9-10)19-16(4)14(18-11(2)17)7-8-15(12,16)3/h5-6,9,14H,7-8H2,1-4H3/t14-,15+,16+/m1/s1. The molecule has 19 heavy (non-hydrogen) atoms. The zero-order valence-corrected chi connectivity index (χ0v) is 11.9. The molecule has 0 radical (unpaired) electrons. The second-order valence-corrected chi connectivity index (χ2v) is 6.18. The van der Waals surface area contributed by atoms with Crippen molar-refractivity contribution < 1.29 is 14.3 Å². The van der Waals surface area contributed by atoms with Crippen molar-refractivity contribution in [1.29, 1.82) is 0 Å². The van der Waals surface area contributed by atoms with Crippen molar-refractivity contribution in [3.05, 3.63) is 29.3 Å². The van der Waals surface area contributed by atoms with Crippen LogP contribution < -0.4 is 4.74 Å². The van der Waals surface area contributed by atoms with Crippen molar-refractivity contribution in [2.75, 3.05) is 0 Å². The predicted octanol–water partition coefficient (Wildman–Crippen LogP) is 3.13. The molecule has 0 saturated heterocycles. The molecule has 0 spiro atoms. The third kappa shape index (κ3) is 1.54. The maximum absolute atomic E-state index is 11.3. The van der Waals surface area contributed by atoms with Crippen LogP contribution in [0.1, 0.15) is 44.7 Å². The number of benzene rings is 1. The molecule has 1 saturated carbocycles. The summed E-state index contributed by atoms with van der Waals surface area (Å²) in [6.45, 7) is 7.82. The average Bonchev–Trinajstić information content (AvgIpc) is 2.66. The van der Waals surface area contributed by atoms with Gasteiger partial charge in [0.1, 0.15) is 11.9 Å². The first kappa shape index (κ1) is 12.5. The summed E-state index contributed by atoms with van der Waals surface area (Å²) < 4.78 is 11.7. The highest BCUT2D eigenvalue weighted by atomic mass is 16.6. The van der Waals surface area contributed by atoms with Gasteiger partial charge in [0.15, 0.2) is 5.60 Å². The molecule has 2 aliphatic rings. The number of fused-ring (bicyclic) bond motifs is 3. The lowest BCUT2D eigenvalue weighted by atomic mass is 9.73. The van der Waals surface area contributed by atoms with Gasteiger partial charge in [-0.1, -0.05) is 19.1 Å². The van der Waals surface area contributed by atoms with Crippen LogP contribution in [0.4, 0.5) is 0 Å². The molecule has 3 rings (SSSR count). The van der Waals surface area contributed by atoms with E-state index >= 15 is 0 Å². The monoisotopic (exact) mass is 260 g/mol. The fraction of sp³-hybridized carbons (Fsp3) is 0.562. The minimum Gasteiger partial charge on any atom is -0.482 e. The van der Waals surface area contributed by atoms with E-state index in [1.165, 1.54) is 18.1 Å². The third-order valence-electron chi connectivity index (χ3n) is 4.98. The number of hydrogen-bond acceptors (Lipinski definition) is 3. The second-order valence-electron chi connectivity index (χ2n) is 6.18. The fourth-order valence-corrected chi connectivity index (χ4v) is 3.65. The van der Waals surface area contributed by atoms with Crippen LogP contribution >= 0.6 is 0 Å². The molecule has 0 aromatic heterocycles. The second kappa shape index (κ2) is 3.75. The molecular formula is C16H20O3. The fourth-order valence-electron chi connectivity index (χ4n) is 3.65. The highest BCUT2D eigenvalue weighted by Crippen LogP contribution is 2.58. The van der Waals surface area contributed by atoms with Gasteiger partial charge in [-0.25, -0.2) is 0 Å². The Balaban J connectivity index is 2.05. The molecule has 3 heteroatoms. The molecule has 1 heterocycles. The van der Waals surface area contributed by atoms with E-state index < -0.39 is 5.60 Å². The maximum Gasteiger partial charge on any atom is 0.303 e. The van der Waals surface area contributed by atoms with E-state index in [1.54, 1.807) is 0 Å². The first-order valence-electron chi connectivity index (χ1n) is 6.84. The Bertz CT molecular complexity index is 551. The van der Waals surface area contributed by atoms with Gasteiger partial charge in [-0.15, -0.1) is 0 Å². The van der Waals surface area contributed by atoms with E-state index in [1.807, 2.05) is 0 Å². The molecule has 102 valence electrons. The van der Waals surface area contributed by atoms with Gasteiger partial charge in [-0.3, -0.25) is 4.79 Å². The quantitative estimate of drug-likeness (QED) is 0.728. The number of esters is 1. The Morgan fingerprint density at radius 1 is 1.42 bits per heavy atom. The van der Waals surface area contributed by atoms with Crippen molar-refractivity contribution in [2.45, 2.75) is 57.7 Å². The summed E-state index contributed by atoms with van der Waals surface area (Å²) in [5.74, 6) is 0.716. The zero-order chi connectivity index (χ0) is 13.8. The Morgan fingerprint density at radius 3 is 2.84 bits per heavy atom. The molecule has 0 unspecified atom stereocenters. The molecule has 0 N–H and O–H groups in total. The Morgan fingerprint density at radius 2 is 2.16 bits per heavy atom. The Labute approximate surface area is 113 Å². The highest BCUT2D eigenvalue weighted by molar-refractivity contribution is 5.66. The van der Waals surface area contributed by atoms with Gasteiger partial charge in [-0.05, 0) is 38.3 Å². The van der Waals surface area contributed by atoms with Crippen LogP contribution in [0.25, 0.3) is 0 Å². The van der Waals surface area contributed by atoms with Crippen molar-refractivity contribution in [1.82, 2.24) is 0 Å². The topological polar surface area (TPSA) is 35.5 Å². The van der Waals surface area contributed by atoms with Gasteiger partial charge < -0.3 is 9.47 Å². The van der Waals surface area contributed by atoms with Gasteiger partial charge in [0.2, 0.25) is 0 Å². The lowest BCUT2D eigenvalue weighted by Crippen LogP contribution is -2.51. The summed E-state index contributed by atoms with van der Waals surface area (Å²) in [4.78, 5) is 11.3. The minimum absolute atomic E-state index is 0.0733. The number of rotatable bonds is 1. The molecule has 1 aromatic carbocycles. The minimum atomic E-state index is -0.450. The molecule has 3 nitrogen and oxygen atoms in total. The summed E-state index contributed by atoms with van der Waals surface area (Å²) in [5, 5.41) is 0. The lowest BCUT2D eigenvalue weighted by molar-refractivity contribution is -0.156. The smallest absolute Gasteiger partial charge is 0.303 e. The molecule has 0 bridgehead atoms. The first-order chi connectivity index (χ1) is 8.87. The van der Waals surface area contributed by atoms with E-state index in [0.29, 0.717) is 0 Å². The maximum atomic E-state index is 11.3. The first-order valence-corrected chi connectivity index (χ1v) is 6.84. The summed E-state index contributed by atoms with van der Waals surface area (Å²) in [6, 6.07) is 6.36. The number of aryl methyl sites for hydroxylation is 1. The van der Waals surface area contributed by atoms with Crippen LogP contribution in [0, 0.1) is 6.92 Å². The molecule has 1 aliphatic carbocycles. The summed E-state index contributed by atoms with van der Waals surface area (Å²) in [6.07, 6.45) is 1.68. The Kier molecular flexibility index (Phi) is 2.47. The van der Waals surface area contributed by atoms with Crippen LogP contribution in [0.3, 0.4) is 0 Å². The normalized spacial score (nSPS) is 35.5. The SMILES string of the molecule is CC(=O)O[C@@H]1CC[C@@]2(C)c3ccc(C)cc3O[C@@]12C. The summed E-state index contributed by atoms with van der Waals surface area (Å²) in [5.41, 5.74) is 1.91. The van der Waals surface area contributed by atoms with E-state index in [4.69, 9.17) is 9.47 Å². The predicted molar refractivity (Wildman–Crippen MR) is 72.4 cm³/mol. The molecule has 1 aromatic rings. The van der Waals surface area contributed by atoms with Crippen LogP contribution in [-0.2, 0) is 14.9 Å². The van der Waals surface area contributed by atoms with E-state index in [0.717, 1.165) is 18.6 Å². The summed E-state index contributed by atoms with van der Waals surface area (Å²) in [7, 11) is 0. The number of ether oxygens (including phenoxy) is 2. The summed E-state index contributed by atoms with van der Waals surface area (Å²) >= 11 is 0. The zero-order valence-electron chi connectivity index (χ0n) is 11.9. The number of hydrogen-bond donors (Lipinski definition) is 0. The van der Waals surface area contributed by atoms with Crippen LogP contribution in [0.2, 0.25) is 0 Å². The van der Waals surface area contributed by atoms with Crippen LogP contribution in [-0.4, -0.2) is 17.7 Å².